The first-order valence-corrected chi connectivity index (χ1v) is 5.03. The predicted octanol–water partition coefficient (Wildman–Crippen LogP) is 0.913. The van der Waals surface area contributed by atoms with Gasteiger partial charge in [-0.2, -0.15) is 4.73 Å². The molecule has 80 valence electrons. The number of hydrogen-bond donors (Lipinski definition) is 0. The first-order valence-electron chi connectivity index (χ1n) is 5.03. The zero-order valence-electron chi connectivity index (χ0n) is 8.60. The highest BCUT2D eigenvalue weighted by atomic mass is 16.5. The normalized spacial score (nSPS) is 19.4. The molecular formula is C11H13NO3. The summed E-state index contributed by atoms with van der Waals surface area (Å²) in [6, 6.07) is 3.51. The zero-order valence-corrected chi connectivity index (χ0v) is 8.60. The minimum absolute atomic E-state index is 0.248. The van der Waals surface area contributed by atoms with E-state index in [0.717, 1.165) is 29.6 Å². The zero-order chi connectivity index (χ0) is 10.8. The number of rotatable bonds is 1. The number of ether oxygens (including phenoxy) is 1. The molecule has 1 atom stereocenters. The second-order valence-electron chi connectivity index (χ2n) is 3.70. The SMILES string of the molecule is COC(=O)[C@H]1CCCc2c1ccc[n+]2[O-]. The maximum Gasteiger partial charge on any atom is 0.313 e. The largest absolute Gasteiger partial charge is 0.618 e. The Hall–Kier alpha value is -1.58. The van der Waals surface area contributed by atoms with E-state index in [2.05, 4.69) is 0 Å². The molecule has 0 radical (unpaired) electrons. The number of fused-ring (bicyclic) bond motifs is 1. The van der Waals surface area contributed by atoms with Gasteiger partial charge in [-0.25, -0.2) is 0 Å². The molecule has 1 heterocycles. The molecule has 0 bridgehead atoms. The van der Waals surface area contributed by atoms with Crippen LogP contribution in [0.1, 0.15) is 30.0 Å². The molecule has 1 aromatic heterocycles. The van der Waals surface area contributed by atoms with Crippen LogP contribution in [0, 0.1) is 5.21 Å². The van der Waals surface area contributed by atoms with E-state index in [0.29, 0.717) is 5.69 Å². The van der Waals surface area contributed by atoms with E-state index in [1.807, 2.05) is 6.07 Å². The van der Waals surface area contributed by atoms with Crippen LogP contribution in [0.25, 0.3) is 0 Å². The lowest BCUT2D eigenvalue weighted by Crippen LogP contribution is -2.36. The van der Waals surface area contributed by atoms with Gasteiger partial charge in [-0.1, -0.05) is 0 Å². The fourth-order valence-electron chi connectivity index (χ4n) is 2.13. The summed E-state index contributed by atoms with van der Waals surface area (Å²) in [6.07, 6.45) is 3.84. The summed E-state index contributed by atoms with van der Waals surface area (Å²) in [5.74, 6) is -0.512. The first kappa shape index (κ1) is 9.96. The fourth-order valence-corrected chi connectivity index (χ4v) is 2.13. The van der Waals surface area contributed by atoms with Crippen molar-refractivity contribution in [2.45, 2.75) is 25.2 Å². The van der Waals surface area contributed by atoms with Gasteiger partial charge in [-0.05, 0) is 18.9 Å². The van der Waals surface area contributed by atoms with Crippen LogP contribution in [0.3, 0.4) is 0 Å². The Morgan fingerprint density at radius 1 is 1.67 bits per heavy atom. The third-order valence-corrected chi connectivity index (χ3v) is 2.86. The standard InChI is InChI=1S/C11H13NO3/c1-15-11(13)9-4-2-6-10-8(9)5-3-7-12(10)14/h3,5,7,9H,2,4,6H2,1H3/t9-/m0/s1. The molecule has 0 amide bonds. The number of carbonyl (C=O) groups excluding carboxylic acids is 1. The Balaban J connectivity index is 2.42. The molecule has 4 nitrogen and oxygen atoms in total. The van der Waals surface area contributed by atoms with E-state index >= 15 is 0 Å². The number of pyridine rings is 1. The summed E-state index contributed by atoms with van der Waals surface area (Å²) >= 11 is 0. The molecule has 0 N–H and O–H groups in total. The van der Waals surface area contributed by atoms with Crippen molar-refractivity contribution in [3.8, 4) is 0 Å². The summed E-state index contributed by atoms with van der Waals surface area (Å²) in [5.41, 5.74) is 1.53. The van der Waals surface area contributed by atoms with Crippen molar-refractivity contribution in [1.29, 1.82) is 0 Å². The van der Waals surface area contributed by atoms with Crippen LogP contribution >= 0.6 is 0 Å². The molecule has 0 unspecified atom stereocenters. The molecule has 0 fully saturated rings. The van der Waals surface area contributed by atoms with Crippen molar-refractivity contribution >= 4 is 5.97 Å². The second kappa shape index (κ2) is 3.88. The molecule has 1 aromatic rings. The monoisotopic (exact) mass is 207 g/mol. The average Bonchev–Trinajstić information content (AvgIpc) is 2.28. The Kier molecular flexibility index (Phi) is 2.58. The minimum Gasteiger partial charge on any atom is -0.618 e. The quantitative estimate of drug-likeness (QED) is 0.391. The number of hydrogen-bond acceptors (Lipinski definition) is 3. The van der Waals surface area contributed by atoms with Crippen molar-refractivity contribution in [2.75, 3.05) is 7.11 Å². The fraction of sp³-hybridized carbons (Fsp3) is 0.455. The van der Waals surface area contributed by atoms with Crippen LogP contribution in [-0.2, 0) is 16.0 Å². The van der Waals surface area contributed by atoms with Gasteiger partial charge < -0.3 is 9.94 Å². The number of aromatic nitrogens is 1. The summed E-state index contributed by atoms with van der Waals surface area (Å²) < 4.78 is 5.59. The molecule has 0 aliphatic heterocycles. The van der Waals surface area contributed by atoms with Crippen LogP contribution in [0.4, 0.5) is 0 Å². The van der Waals surface area contributed by atoms with Gasteiger partial charge in [0.15, 0.2) is 11.9 Å². The van der Waals surface area contributed by atoms with Crippen molar-refractivity contribution < 1.29 is 14.3 Å². The molecule has 0 saturated heterocycles. The molecule has 1 aliphatic rings. The lowest BCUT2D eigenvalue weighted by atomic mass is 9.86. The Bertz CT molecular complexity index is 389. The van der Waals surface area contributed by atoms with Crippen LogP contribution in [-0.4, -0.2) is 13.1 Å². The van der Waals surface area contributed by atoms with E-state index in [4.69, 9.17) is 4.74 Å². The molecule has 4 heteroatoms. The third kappa shape index (κ3) is 1.67. The molecule has 0 saturated carbocycles. The van der Waals surface area contributed by atoms with Crippen molar-refractivity contribution in [3.05, 3.63) is 34.8 Å². The third-order valence-electron chi connectivity index (χ3n) is 2.86. The number of carbonyl (C=O) groups is 1. The molecule has 0 spiro atoms. The van der Waals surface area contributed by atoms with E-state index in [1.54, 1.807) is 6.07 Å². The van der Waals surface area contributed by atoms with Crippen LogP contribution < -0.4 is 4.73 Å². The van der Waals surface area contributed by atoms with Crippen LogP contribution in [0.5, 0.6) is 0 Å². The first-order chi connectivity index (χ1) is 7.24. The Morgan fingerprint density at radius 3 is 3.20 bits per heavy atom. The lowest BCUT2D eigenvalue weighted by Gasteiger charge is -2.21. The summed E-state index contributed by atoms with van der Waals surface area (Å²) in [6.45, 7) is 0. The van der Waals surface area contributed by atoms with Gasteiger partial charge in [0.25, 0.3) is 0 Å². The van der Waals surface area contributed by atoms with Gasteiger partial charge in [-0.15, -0.1) is 0 Å². The number of esters is 1. The summed E-state index contributed by atoms with van der Waals surface area (Å²) in [5, 5.41) is 11.5. The van der Waals surface area contributed by atoms with Crippen molar-refractivity contribution in [1.82, 2.24) is 0 Å². The molecule has 0 aromatic carbocycles. The van der Waals surface area contributed by atoms with Gasteiger partial charge in [0.1, 0.15) is 0 Å². The smallest absolute Gasteiger partial charge is 0.313 e. The van der Waals surface area contributed by atoms with Crippen molar-refractivity contribution in [2.24, 2.45) is 0 Å². The predicted molar refractivity (Wildman–Crippen MR) is 53.1 cm³/mol. The van der Waals surface area contributed by atoms with Crippen LogP contribution in [0.2, 0.25) is 0 Å². The molecular weight excluding hydrogens is 194 g/mol. The Labute approximate surface area is 88.1 Å². The van der Waals surface area contributed by atoms with Gasteiger partial charge >= 0.3 is 5.97 Å². The maximum atomic E-state index is 11.5. The molecule has 15 heavy (non-hydrogen) atoms. The number of methoxy groups -OCH3 is 1. The highest BCUT2D eigenvalue weighted by molar-refractivity contribution is 5.78. The van der Waals surface area contributed by atoms with Gasteiger partial charge in [0, 0.05) is 18.1 Å². The maximum absolute atomic E-state index is 11.5. The van der Waals surface area contributed by atoms with Gasteiger partial charge in [0.2, 0.25) is 0 Å². The van der Waals surface area contributed by atoms with Gasteiger partial charge in [-0.3, -0.25) is 4.79 Å². The van der Waals surface area contributed by atoms with Crippen molar-refractivity contribution in [3.63, 3.8) is 0 Å². The second-order valence-corrected chi connectivity index (χ2v) is 3.70. The lowest BCUT2D eigenvalue weighted by molar-refractivity contribution is -0.615. The number of nitrogens with zero attached hydrogens (tertiary/aromatic N) is 1. The van der Waals surface area contributed by atoms with Gasteiger partial charge in [0.05, 0.1) is 13.0 Å². The highest BCUT2D eigenvalue weighted by Gasteiger charge is 2.31. The molecule has 1 aliphatic carbocycles. The Morgan fingerprint density at radius 2 is 2.47 bits per heavy atom. The summed E-state index contributed by atoms with van der Waals surface area (Å²) in [4.78, 5) is 11.5. The summed E-state index contributed by atoms with van der Waals surface area (Å²) in [7, 11) is 1.38. The minimum atomic E-state index is -0.264. The topological polar surface area (TPSA) is 53.2 Å². The molecule has 2 rings (SSSR count). The van der Waals surface area contributed by atoms with E-state index in [1.165, 1.54) is 13.3 Å². The van der Waals surface area contributed by atoms with Crippen LogP contribution in [0.15, 0.2) is 18.3 Å². The van der Waals surface area contributed by atoms with E-state index < -0.39 is 0 Å². The van der Waals surface area contributed by atoms with E-state index in [9.17, 15) is 10.0 Å². The van der Waals surface area contributed by atoms with E-state index in [-0.39, 0.29) is 11.9 Å². The highest BCUT2D eigenvalue weighted by Crippen LogP contribution is 2.30. The average molecular weight is 207 g/mol.